The highest BCUT2D eigenvalue weighted by Crippen LogP contribution is 2.30. The summed E-state index contributed by atoms with van der Waals surface area (Å²) < 4.78 is 0. The van der Waals surface area contributed by atoms with Crippen molar-refractivity contribution in [2.75, 3.05) is 6.54 Å². The Morgan fingerprint density at radius 3 is 2.72 bits per heavy atom. The van der Waals surface area contributed by atoms with Crippen molar-refractivity contribution in [2.24, 2.45) is 11.8 Å². The number of nitrogens with one attached hydrogen (secondary N) is 1. The summed E-state index contributed by atoms with van der Waals surface area (Å²) in [6.45, 7) is 2.90. The van der Waals surface area contributed by atoms with Crippen LogP contribution in [0.4, 0.5) is 0 Å². The monoisotopic (exact) mass is 249 g/mol. The Morgan fingerprint density at radius 2 is 2.11 bits per heavy atom. The van der Waals surface area contributed by atoms with Gasteiger partial charge in [0.15, 0.2) is 11.5 Å². The first-order chi connectivity index (χ1) is 8.58. The maximum atomic E-state index is 11.9. The van der Waals surface area contributed by atoms with Crippen molar-refractivity contribution in [2.45, 2.75) is 26.2 Å². The number of phenols is 2. The van der Waals surface area contributed by atoms with E-state index in [-0.39, 0.29) is 17.4 Å². The lowest BCUT2D eigenvalue weighted by Crippen LogP contribution is -2.30. The highest BCUT2D eigenvalue weighted by molar-refractivity contribution is 5.94. The van der Waals surface area contributed by atoms with E-state index in [1.165, 1.54) is 37.5 Å². The smallest absolute Gasteiger partial charge is 0.251 e. The van der Waals surface area contributed by atoms with Crippen LogP contribution in [0.5, 0.6) is 11.5 Å². The minimum Gasteiger partial charge on any atom is -0.504 e. The summed E-state index contributed by atoms with van der Waals surface area (Å²) in [5, 5.41) is 21.4. The molecule has 0 aliphatic heterocycles. The maximum Gasteiger partial charge on any atom is 0.251 e. The Labute approximate surface area is 107 Å². The quantitative estimate of drug-likeness (QED) is 0.720. The van der Waals surface area contributed by atoms with Crippen LogP contribution in [-0.2, 0) is 0 Å². The van der Waals surface area contributed by atoms with Crippen LogP contribution >= 0.6 is 0 Å². The van der Waals surface area contributed by atoms with Gasteiger partial charge in [-0.2, -0.15) is 0 Å². The molecule has 1 fully saturated rings. The van der Waals surface area contributed by atoms with Gasteiger partial charge in [0, 0.05) is 12.1 Å². The van der Waals surface area contributed by atoms with Gasteiger partial charge in [-0.25, -0.2) is 0 Å². The van der Waals surface area contributed by atoms with E-state index in [0.29, 0.717) is 23.9 Å². The van der Waals surface area contributed by atoms with E-state index in [2.05, 4.69) is 12.2 Å². The van der Waals surface area contributed by atoms with Crippen LogP contribution in [0.3, 0.4) is 0 Å². The van der Waals surface area contributed by atoms with E-state index < -0.39 is 0 Å². The number of amides is 1. The predicted octanol–water partition coefficient (Wildman–Crippen LogP) is 2.26. The van der Waals surface area contributed by atoms with Gasteiger partial charge in [0.05, 0.1) is 0 Å². The molecule has 1 saturated carbocycles. The van der Waals surface area contributed by atoms with Crippen LogP contribution in [0.1, 0.15) is 36.5 Å². The summed E-state index contributed by atoms with van der Waals surface area (Å²) in [5.74, 6) is 0.537. The van der Waals surface area contributed by atoms with Crippen LogP contribution in [-0.4, -0.2) is 22.7 Å². The molecule has 0 aromatic heterocycles. The molecule has 1 aliphatic carbocycles. The van der Waals surface area contributed by atoms with Crippen molar-refractivity contribution in [3.8, 4) is 11.5 Å². The highest BCUT2D eigenvalue weighted by atomic mass is 16.3. The third-order valence-corrected chi connectivity index (χ3v) is 3.80. The van der Waals surface area contributed by atoms with E-state index in [0.717, 1.165) is 0 Å². The largest absolute Gasteiger partial charge is 0.504 e. The van der Waals surface area contributed by atoms with Gasteiger partial charge in [-0.15, -0.1) is 0 Å². The Balaban J connectivity index is 1.93. The van der Waals surface area contributed by atoms with E-state index in [1.807, 2.05) is 0 Å². The zero-order valence-corrected chi connectivity index (χ0v) is 10.5. The molecule has 2 rings (SSSR count). The van der Waals surface area contributed by atoms with Gasteiger partial charge in [0.1, 0.15) is 0 Å². The van der Waals surface area contributed by atoms with Crippen molar-refractivity contribution in [3.05, 3.63) is 23.8 Å². The number of carbonyl (C=O) groups excluding carboxylic acids is 1. The molecule has 0 radical (unpaired) electrons. The fourth-order valence-electron chi connectivity index (χ4n) is 2.52. The van der Waals surface area contributed by atoms with Crippen LogP contribution in [0.15, 0.2) is 18.2 Å². The molecule has 2 atom stereocenters. The van der Waals surface area contributed by atoms with Crippen LogP contribution in [0.25, 0.3) is 0 Å². The van der Waals surface area contributed by atoms with Gasteiger partial charge in [-0.3, -0.25) is 4.79 Å². The molecule has 1 amide bonds. The summed E-state index contributed by atoms with van der Waals surface area (Å²) in [4.78, 5) is 11.9. The van der Waals surface area contributed by atoms with E-state index in [9.17, 15) is 15.0 Å². The van der Waals surface area contributed by atoms with Gasteiger partial charge in [0.2, 0.25) is 0 Å². The first-order valence-electron chi connectivity index (χ1n) is 6.38. The lowest BCUT2D eigenvalue weighted by Gasteiger charge is -2.15. The van der Waals surface area contributed by atoms with Crippen molar-refractivity contribution < 1.29 is 15.0 Å². The van der Waals surface area contributed by atoms with E-state index in [1.54, 1.807) is 0 Å². The molecule has 98 valence electrons. The third-order valence-electron chi connectivity index (χ3n) is 3.80. The molecule has 1 aromatic rings. The van der Waals surface area contributed by atoms with Gasteiger partial charge < -0.3 is 15.5 Å². The molecule has 3 N–H and O–H groups in total. The Bertz CT molecular complexity index is 445. The van der Waals surface area contributed by atoms with E-state index in [4.69, 9.17) is 0 Å². The number of hydrogen-bond donors (Lipinski definition) is 3. The molecule has 0 heterocycles. The number of rotatable bonds is 3. The standard InChI is InChI=1S/C14H19NO3/c1-9-3-2-4-11(9)8-15-14(18)10-5-6-12(16)13(17)7-10/h5-7,9,11,16-17H,2-4,8H2,1H3,(H,15,18). The second-order valence-electron chi connectivity index (χ2n) is 5.08. The van der Waals surface area contributed by atoms with Crippen molar-refractivity contribution in [3.63, 3.8) is 0 Å². The minimum absolute atomic E-state index is 0.204. The molecule has 2 unspecified atom stereocenters. The molecular weight excluding hydrogens is 230 g/mol. The van der Waals surface area contributed by atoms with Crippen LogP contribution in [0.2, 0.25) is 0 Å². The summed E-state index contributed by atoms with van der Waals surface area (Å²) in [7, 11) is 0. The van der Waals surface area contributed by atoms with Crippen LogP contribution < -0.4 is 5.32 Å². The summed E-state index contributed by atoms with van der Waals surface area (Å²) in [5.41, 5.74) is 0.371. The normalized spacial score (nSPS) is 22.9. The topological polar surface area (TPSA) is 69.6 Å². The number of carbonyl (C=O) groups is 1. The number of aromatic hydroxyl groups is 2. The highest BCUT2D eigenvalue weighted by Gasteiger charge is 2.23. The van der Waals surface area contributed by atoms with Gasteiger partial charge >= 0.3 is 0 Å². The Kier molecular flexibility index (Phi) is 3.75. The lowest BCUT2D eigenvalue weighted by molar-refractivity contribution is 0.0944. The second-order valence-corrected chi connectivity index (χ2v) is 5.08. The summed E-state index contributed by atoms with van der Waals surface area (Å²) >= 11 is 0. The second kappa shape index (κ2) is 5.29. The molecular formula is C14H19NO3. The van der Waals surface area contributed by atoms with Crippen molar-refractivity contribution >= 4 is 5.91 Å². The fourth-order valence-corrected chi connectivity index (χ4v) is 2.52. The predicted molar refractivity (Wildman–Crippen MR) is 68.6 cm³/mol. The van der Waals surface area contributed by atoms with E-state index >= 15 is 0 Å². The minimum atomic E-state index is -0.267. The zero-order valence-electron chi connectivity index (χ0n) is 10.5. The molecule has 18 heavy (non-hydrogen) atoms. The first-order valence-corrected chi connectivity index (χ1v) is 6.38. The van der Waals surface area contributed by atoms with Crippen molar-refractivity contribution in [1.29, 1.82) is 0 Å². The maximum absolute atomic E-state index is 11.9. The molecule has 0 saturated heterocycles. The van der Waals surface area contributed by atoms with Crippen LogP contribution in [0, 0.1) is 11.8 Å². The SMILES string of the molecule is CC1CCCC1CNC(=O)c1ccc(O)c(O)c1. The molecule has 0 spiro atoms. The molecule has 4 heteroatoms. The molecule has 0 bridgehead atoms. The average molecular weight is 249 g/mol. The number of benzene rings is 1. The fraction of sp³-hybridized carbons (Fsp3) is 0.500. The van der Waals surface area contributed by atoms with Gasteiger partial charge in [-0.05, 0) is 36.5 Å². The summed E-state index contributed by atoms with van der Waals surface area (Å²) in [6.07, 6.45) is 3.64. The van der Waals surface area contributed by atoms with Gasteiger partial charge in [-0.1, -0.05) is 19.8 Å². The Morgan fingerprint density at radius 1 is 1.33 bits per heavy atom. The number of hydrogen-bond acceptors (Lipinski definition) is 3. The summed E-state index contributed by atoms with van der Waals surface area (Å²) in [6, 6.07) is 4.10. The lowest BCUT2D eigenvalue weighted by atomic mass is 9.98. The average Bonchev–Trinajstić information content (AvgIpc) is 2.75. The van der Waals surface area contributed by atoms with Gasteiger partial charge in [0.25, 0.3) is 5.91 Å². The molecule has 4 nitrogen and oxygen atoms in total. The first kappa shape index (κ1) is 12.7. The molecule has 1 aliphatic rings. The number of phenolic OH excluding ortho intramolecular Hbond substituents is 2. The Hall–Kier alpha value is -1.71. The molecule has 1 aromatic carbocycles. The third kappa shape index (κ3) is 2.75. The zero-order chi connectivity index (χ0) is 13.1. The van der Waals surface area contributed by atoms with Crippen molar-refractivity contribution in [1.82, 2.24) is 5.32 Å².